The van der Waals surface area contributed by atoms with Crippen LogP contribution in [0.4, 0.5) is 0 Å². The van der Waals surface area contributed by atoms with Gasteiger partial charge in [-0.3, -0.25) is 9.59 Å². The molecule has 2 aliphatic rings. The molecule has 1 aromatic carbocycles. The molecule has 2 aromatic rings. The van der Waals surface area contributed by atoms with Crippen molar-refractivity contribution in [2.75, 3.05) is 26.2 Å². The van der Waals surface area contributed by atoms with E-state index in [1.165, 1.54) is 16.6 Å². The maximum absolute atomic E-state index is 13.2. The SMILES string of the molecule is O=C(NCc1ccc(Cl)cc1)[C@H]1CCCN(S(=O)(=O)c2c[nH]c(C(=O)N3CCCCC3)c2)C1. The Kier molecular flexibility index (Phi) is 7.41. The number of benzene rings is 1. The number of rotatable bonds is 6. The molecular formula is C23H29ClN4O4S. The Balaban J connectivity index is 1.38. The first kappa shape index (κ1) is 23.8. The van der Waals surface area contributed by atoms with Crippen molar-refractivity contribution in [1.29, 1.82) is 0 Å². The smallest absolute Gasteiger partial charge is 0.270 e. The first-order chi connectivity index (χ1) is 15.8. The van der Waals surface area contributed by atoms with Gasteiger partial charge in [0.2, 0.25) is 15.9 Å². The number of aromatic amines is 1. The Morgan fingerprint density at radius 2 is 1.79 bits per heavy atom. The van der Waals surface area contributed by atoms with E-state index in [0.717, 1.165) is 24.8 Å². The van der Waals surface area contributed by atoms with Crippen LogP contribution in [0.15, 0.2) is 41.4 Å². The minimum absolute atomic E-state index is 0.0603. The van der Waals surface area contributed by atoms with Gasteiger partial charge in [-0.25, -0.2) is 8.42 Å². The van der Waals surface area contributed by atoms with Crippen LogP contribution in [0.25, 0.3) is 0 Å². The predicted molar refractivity (Wildman–Crippen MR) is 125 cm³/mol. The lowest BCUT2D eigenvalue weighted by atomic mass is 9.99. The molecule has 0 saturated carbocycles. The van der Waals surface area contributed by atoms with E-state index in [4.69, 9.17) is 11.6 Å². The van der Waals surface area contributed by atoms with Crippen molar-refractivity contribution in [3.63, 3.8) is 0 Å². The summed E-state index contributed by atoms with van der Waals surface area (Å²) in [6, 6.07) is 8.62. The maximum Gasteiger partial charge on any atom is 0.270 e. The number of carbonyl (C=O) groups excluding carboxylic acids is 2. The third-order valence-corrected chi connectivity index (χ3v) is 8.40. The number of halogens is 1. The van der Waals surface area contributed by atoms with E-state index in [9.17, 15) is 18.0 Å². The molecular weight excluding hydrogens is 464 g/mol. The van der Waals surface area contributed by atoms with Crippen LogP contribution in [-0.4, -0.2) is 60.6 Å². The van der Waals surface area contributed by atoms with Gasteiger partial charge in [-0.1, -0.05) is 23.7 Å². The van der Waals surface area contributed by atoms with Crippen LogP contribution in [0, 0.1) is 5.92 Å². The first-order valence-electron chi connectivity index (χ1n) is 11.3. The van der Waals surface area contributed by atoms with E-state index in [1.807, 2.05) is 12.1 Å². The van der Waals surface area contributed by atoms with Gasteiger partial charge in [-0.05, 0) is 55.9 Å². The largest absolute Gasteiger partial charge is 0.356 e. The van der Waals surface area contributed by atoms with E-state index < -0.39 is 15.9 Å². The van der Waals surface area contributed by atoms with Gasteiger partial charge in [0, 0.05) is 43.9 Å². The zero-order valence-electron chi connectivity index (χ0n) is 18.4. The van der Waals surface area contributed by atoms with Gasteiger partial charge < -0.3 is 15.2 Å². The first-order valence-corrected chi connectivity index (χ1v) is 13.2. The number of nitrogens with zero attached hydrogens (tertiary/aromatic N) is 2. The van der Waals surface area contributed by atoms with Gasteiger partial charge in [-0.2, -0.15) is 4.31 Å². The molecule has 8 nitrogen and oxygen atoms in total. The molecule has 2 fully saturated rings. The summed E-state index contributed by atoms with van der Waals surface area (Å²) >= 11 is 5.89. The molecule has 2 saturated heterocycles. The molecule has 0 bridgehead atoms. The van der Waals surface area contributed by atoms with Crippen LogP contribution >= 0.6 is 11.6 Å². The molecule has 1 atom stereocenters. The minimum atomic E-state index is -3.81. The Bertz CT molecular complexity index is 1090. The number of carbonyl (C=O) groups is 2. The highest BCUT2D eigenvalue weighted by molar-refractivity contribution is 7.89. The summed E-state index contributed by atoms with van der Waals surface area (Å²) in [7, 11) is -3.81. The third kappa shape index (κ3) is 5.59. The Labute approximate surface area is 199 Å². The van der Waals surface area contributed by atoms with Gasteiger partial charge in [-0.15, -0.1) is 0 Å². The summed E-state index contributed by atoms with van der Waals surface area (Å²) in [4.78, 5) is 30.0. The maximum atomic E-state index is 13.2. The number of sulfonamides is 1. The summed E-state index contributed by atoms with van der Waals surface area (Å²) in [6.45, 7) is 2.22. The molecule has 4 rings (SSSR count). The molecule has 1 aromatic heterocycles. The molecule has 0 aliphatic carbocycles. The number of H-pyrrole nitrogens is 1. The fourth-order valence-electron chi connectivity index (χ4n) is 4.37. The zero-order valence-corrected chi connectivity index (χ0v) is 20.0. The second-order valence-electron chi connectivity index (χ2n) is 8.65. The number of likely N-dealkylation sites (tertiary alicyclic amines) is 1. The van der Waals surface area contributed by atoms with Crippen LogP contribution in [0.3, 0.4) is 0 Å². The summed E-state index contributed by atoms with van der Waals surface area (Å²) in [6.07, 6.45) is 5.64. The van der Waals surface area contributed by atoms with Crippen molar-refractivity contribution >= 4 is 33.4 Å². The molecule has 0 radical (unpaired) electrons. The van der Waals surface area contributed by atoms with Crippen molar-refractivity contribution in [1.82, 2.24) is 19.5 Å². The molecule has 2 amide bonds. The lowest BCUT2D eigenvalue weighted by molar-refractivity contribution is -0.126. The Morgan fingerprint density at radius 3 is 2.52 bits per heavy atom. The predicted octanol–water partition coefficient (Wildman–Crippen LogP) is 3.01. The molecule has 2 aliphatic heterocycles. The van der Waals surface area contributed by atoms with Crippen molar-refractivity contribution in [3.05, 3.63) is 52.8 Å². The number of nitrogens with one attached hydrogen (secondary N) is 2. The summed E-state index contributed by atoms with van der Waals surface area (Å²) in [5.74, 6) is -0.761. The van der Waals surface area contributed by atoms with Crippen LogP contribution in [0.1, 0.15) is 48.2 Å². The van der Waals surface area contributed by atoms with Crippen LogP contribution in [0.2, 0.25) is 5.02 Å². The highest BCUT2D eigenvalue weighted by Gasteiger charge is 2.34. The minimum Gasteiger partial charge on any atom is -0.356 e. The van der Waals surface area contributed by atoms with Gasteiger partial charge >= 0.3 is 0 Å². The molecule has 0 unspecified atom stereocenters. The fourth-order valence-corrected chi connectivity index (χ4v) is 6.02. The van der Waals surface area contributed by atoms with Crippen LogP contribution in [-0.2, 0) is 21.4 Å². The Morgan fingerprint density at radius 1 is 1.06 bits per heavy atom. The summed E-state index contributed by atoms with van der Waals surface area (Å²) in [5.41, 5.74) is 1.20. The molecule has 2 N–H and O–H groups in total. The van der Waals surface area contributed by atoms with Crippen molar-refractivity contribution in [2.24, 2.45) is 5.92 Å². The molecule has 33 heavy (non-hydrogen) atoms. The third-order valence-electron chi connectivity index (χ3n) is 6.30. The summed E-state index contributed by atoms with van der Waals surface area (Å²) < 4.78 is 27.8. The van der Waals surface area contributed by atoms with Gasteiger partial charge in [0.15, 0.2) is 0 Å². The lowest BCUT2D eigenvalue weighted by Crippen LogP contribution is -2.45. The Hall–Kier alpha value is -2.36. The number of amides is 2. The average molecular weight is 493 g/mol. The second-order valence-corrected chi connectivity index (χ2v) is 11.0. The number of hydrogen-bond donors (Lipinski definition) is 2. The van der Waals surface area contributed by atoms with E-state index in [-0.39, 0.29) is 28.9 Å². The van der Waals surface area contributed by atoms with Crippen molar-refractivity contribution in [2.45, 2.75) is 43.5 Å². The highest BCUT2D eigenvalue weighted by atomic mass is 35.5. The van der Waals surface area contributed by atoms with Gasteiger partial charge in [0.1, 0.15) is 10.6 Å². The van der Waals surface area contributed by atoms with E-state index in [2.05, 4.69) is 10.3 Å². The summed E-state index contributed by atoms with van der Waals surface area (Å²) in [5, 5.41) is 3.52. The normalized spacial score (nSPS) is 19.9. The number of hydrogen-bond acceptors (Lipinski definition) is 4. The van der Waals surface area contributed by atoms with E-state index in [0.29, 0.717) is 44.0 Å². The molecule has 10 heteroatoms. The van der Waals surface area contributed by atoms with Gasteiger partial charge in [0.25, 0.3) is 5.91 Å². The zero-order chi connectivity index (χ0) is 23.4. The number of piperidine rings is 2. The topological polar surface area (TPSA) is 103 Å². The molecule has 0 spiro atoms. The van der Waals surface area contributed by atoms with Gasteiger partial charge in [0.05, 0.1) is 5.92 Å². The molecule has 3 heterocycles. The highest BCUT2D eigenvalue weighted by Crippen LogP contribution is 2.25. The van der Waals surface area contributed by atoms with E-state index >= 15 is 0 Å². The van der Waals surface area contributed by atoms with Crippen molar-refractivity contribution in [3.8, 4) is 0 Å². The van der Waals surface area contributed by atoms with E-state index in [1.54, 1.807) is 17.0 Å². The fraction of sp³-hybridized carbons (Fsp3) is 0.478. The monoisotopic (exact) mass is 492 g/mol. The van der Waals surface area contributed by atoms with Crippen LogP contribution in [0.5, 0.6) is 0 Å². The average Bonchev–Trinajstić information content (AvgIpc) is 3.35. The quantitative estimate of drug-likeness (QED) is 0.647. The second kappa shape index (κ2) is 10.3. The standard InChI is InChI=1S/C23H29ClN4O4S/c24-19-8-6-17(7-9-19)14-26-22(29)18-5-4-12-28(16-18)33(31,32)20-13-21(25-15-20)23(30)27-10-2-1-3-11-27/h6-9,13,15,18,25H,1-5,10-12,14,16H2,(H,26,29)/t18-/m0/s1. The van der Waals surface area contributed by atoms with Crippen molar-refractivity contribution < 1.29 is 18.0 Å². The lowest BCUT2D eigenvalue weighted by Gasteiger charge is -2.31. The number of aromatic nitrogens is 1. The molecule has 178 valence electrons. The van der Waals surface area contributed by atoms with Crippen LogP contribution < -0.4 is 5.32 Å².